The molecular formula is C13H24N4. The van der Waals surface area contributed by atoms with Crippen molar-refractivity contribution < 1.29 is 0 Å². The van der Waals surface area contributed by atoms with Crippen LogP contribution in [-0.4, -0.2) is 21.3 Å². The Hall–Kier alpha value is -1.16. The first-order chi connectivity index (χ1) is 7.66. The molecule has 0 saturated heterocycles. The first-order valence-corrected chi connectivity index (χ1v) is 6.02. The molecule has 0 bridgehead atoms. The van der Waals surface area contributed by atoms with Crippen LogP contribution in [0.4, 0.5) is 5.82 Å². The van der Waals surface area contributed by atoms with Crippen molar-refractivity contribution in [3.05, 3.63) is 17.8 Å². The van der Waals surface area contributed by atoms with Gasteiger partial charge in [-0.2, -0.15) is 5.10 Å². The van der Waals surface area contributed by atoms with Crippen LogP contribution in [0, 0.1) is 0 Å². The minimum atomic E-state index is 0.0137. The average Bonchev–Trinajstić information content (AvgIpc) is 2.13. The van der Waals surface area contributed by atoms with E-state index in [1.807, 2.05) is 12.1 Å². The van der Waals surface area contributed by atoms with Gasteiger partial charge in [0.2, 0.25) is 0 Å². The summed E-state index contributed by atoms with van der Waals surface area (Å²) in [6.45, 7) is 13.4. The van der Waals surface area contributed by atoms with Gasteiger partial charge >= 0.3 is 0 Å². The first-order valence-electron chi connectivity index (χ1n) is 6.02. The summed E-state index contributed by atoms with van der Waals surface area (Å²) in [5.41, 5.74) is 1.07. The van der Waals surface area contributed by atoms with E-state index in [-0.39, 0.29) is 11.1 Å². The van der Waals surface area contributed by atoms with E-state index in [2.05, 4.69) is 62.4 Å². The number of aromatic nitrogens is 2. The summed E-state index contributed by atoms with van der Waals surface area (Å²) < 4.78 is 0. The summed E-state index contributed by atoms with van der Waals surface area (Å²) in [6.07, 6.45) is 0. The fourth-order valence-corrected chi connectivity index (χ4v) is 1.26. The molecule has 1 heterocycles. The predicted octanol–water partition coefficient (Wildman–Crippen LogP) is 2.58. The van der Waals surface area contributed by atoms with Crippen LogP contribution in [0.5, 0.6) is 0 Å². The molecule has 0 aliphatic rings. The second kappa shape index (κ2) is 5.00. The fourth-order valence-electron chi connectivity index (χ4n) is 1.26. The van der Waals surface area contributed by atoms with E-state index in [0.29, 0.717) is 0 Å². The molecule has 1 rings (SSSR count). The van der Waals surface area contributed by atoms with Gasteiger partial charge in [0.05, 0.1) is 5.69 Å². The Bertz CT molecular complexity index is 343. The van der Waals surface area contributed by atoms with Crippen LogP contribution in [0.2, 0.25) is 0 Å². The van der Waals surface area contributed by atoms with Gasteiger partial charge in [0.15, 0.2) is 0 Å². The van der Waals surface area contributed by atoms with Gasteiger partial charge in [-0.1, -0.05) is 0 Å². The lowest BCUT2D eigenvalue weighted by Crippen LogP contribution is -2.35. The molecule has 0 saturated carbocycles. The molecule has 17 heavy (non-hydrogen) atoms. The standard InChI is InChI=1S/C13H24N4/c1-12(2,3)14-9-10-7-8-11(17-16-10)15-13(4,5)6/h7-8,14H,9H2,1-6H3,(H,15,17). The van der Waals surface area contributed by atoms with Crippen molar-refractivity contribution in [2.75, 3.05) is 5.32 Å². The SMILES string of the molecule is CC(C)(C)NCc1ccc(NC(C)(C)C)nn1. The molecule has 0 unspecified atom stereocenters. The van der Waals surface area contributed by atoms with Gasteiger partial charge in [-0.3, -0.25) is 0 Å². The summed E-state index contributed by atoms with van der Waals surface area (Å²) in [6, 6.07) is 3.97. The van der Waals surface area contributed by atoms with Crippen LogP contribution < -0.4 is 10.6 Å². The monoisotopic (exact) mass is 236 g/mol. The number of hydrogen-bond acceptors (Lipinski definition) is 4. The van der Waals surface area contributed by atoms with Gasteiger partial charge in [0.25, 0.3) is 0 Å². The van der Waals surface area contributed by atoms with E-state index in [1.54, 1.807) is 0 Å². The summed E-state index contributed by atoms with van der Waals surface area (Å²) in [7, 11) is 0. The quantitative estimate of drug-likeness (QED) is 0.847. The molecule has 4 heteroatoms. The Balaban J connectivity index is 2.56. The molecule has 0 radical (unpaired) electrons. The van der Waals surface area contributed by atoms with Gasteiger partial charge in [-0.15, -0.1) is 5.10 Å². The van der Waals surface area contributed by atoms with Crippen LogP contribution in [0.1, 0.15) is 47.2 Å². The molecule has 0 aliphatic heterocycles. The molecule has 96 valence electrons. The van der Waals surface area contributed by atoms with Crippen LogP contribution in [0.25, 0.3) is 0 Å². The van der Waals surface area contributed by atoms with Crippen LogP contribution >= 0.6 is 0 Å². The summed E-state index contributed by atoms with van der Waals surface area (Å²) in [4.78, 5) is 0. The molecule has 0 spiro atoms. The normalized spacial score (nSPS) is 12.6. The Morgan fingerprint density at radius 1 is 0.941 bits per heavy atom. The Morgan fingerprint density at radius 2 is 1.59 bits per heavy atom. The van der Waals surface area contributed by atoms with Gasteiger partial charge < -0.3 is 10.6 Å². The highest BCUT2D eigenvalue weighted by atomic mass is 15.2. The zero-order valence-corrected chi connectivity index (χ0v) is 11.8. The van der Waals surface area contributed by atoms with Crippen molar-refractivity contribution in [2.45, 2.75) is 59.2 Å². The van der Waals surface area contributed by atoms with Crippen LogP contribution in [0.15, 0.2) is 12.1 Å². The first kappa shape index (κ1) is 13.9. The molecule has 0 fully saturated rings. The molecule has 0 atom stereocenters. The highest BCUT2D eigenvalue weighted by molar-refractivity contribution is 5.35. The lowest BCUT2D eigenvalue weighted by Gasteiger charge is -2.21. The summed E-state index contributed by atoms with van der Waals surface area (Å²) in [5.74, 6) is 0.817. The summed E-state index contributed by atoms with van der Waals surface area (Å²) in [5, 5.41) is 15.0. The maximum Gasteiger partial charge on any atom is 0.149 e. The van der Waals surface area contributed by atoms with E-state index in [1.165, 1.54) is 0 Å². The van der Waals surface area contributed by atoms with E-state index in [0.717, 1.165) is 18.1 Å². The van der Waals surface area contributed by atoms with Gasteiger partial charge in [0.1, 0.15) is 5.82 Å². The van der Waals surface area contributed by atoms with Crippen molar-refractivity contribution in [1.82, 2.24) is 15.5 Å². The molecule has 2 N–H and O–H groups in total. The predicted molar refractivity (Wildman–Crippen MR) is 72.0 cm³/mol. The molecule has 1 aromatic heterocycles. The average molecular weight is 236 g/mol. The number of nitrogens with zero attached hydrogens (tertiary/aromatic N) is 2. The molecule has 1 aromatic rings. The van der Waals surface area contributed by atoms with Crippen molar-refractivity contribution >= 4 is 5.82 Å². The molecule has 0 aliphatic carbocycles. The zero-order valence-electron chi connectivity index (χ0n) is 11.8. The van der Waals surface area contributed by atoms with Gasteiger partial charge in [0, 0.05) is 17.6 Å². The number of hydrogen-bond donors (Lipinski definition) is 2. The molecule has 0 amide bonds. The second-order valence-corrected chi connectivity index (χ2v) is 6.39. The van der Waals surface area contributed by atoms with E-state index < -0.39 is 0 Å². The number of rotatable bonds is 3. The van der Waals surface area contributed by atoms with E-state index in [4.69, 9.17) is 0 Å². The molecular weight excluding hydrogens is 212 g/mol. The van der Waals surface area contributed by atoms with Gasteiger partial charge in [-0.25, -0.2) is 0 Å². The lowest BCUT2D eigenvalue weighted by molar-refractivity contribution is 0.420. The largest absolute Gasteiger partial charge is 0.364 e. The smallest absolute Gasteiger partial charge is 0.149 e. The third-order valence-electron chi connectivity index (χ3n) is 2.02. The zero-order chi connectivity index (χ0) is 13.1. The third-order valence-corrected chi connectivity index (χ3v) is 2.02. The lowest BCUT2D eigenvalue weighted by atomic mass is 10.1. The highest BCUT2D eigenvalue weighted by Gasteiger charge is 2.11. The number of nitrogens with one attached hydrogen (secondary N) is 2. The molecule has 0 aromatic carbocycles. The Morgan fingerprint density at radius 3 is 2.00 bits per heavy atom. The minimum absolute atomic E-state index is 0.0137. The van der Waals surface area contributed by atoms with E-state index >= 15 is 0 Å². The number of anilines is 1. The Labute approximate surface area is 104 Å². The maximum atomic E-state index is 4.19. The fraction of sp³-hybridized carbons (Fsp3) is 0.692. The summed E-state index contributed by atoms with van der Waals surface area (Å²) >= 11 is 0. The van der Waals surface area contributed by atoms with Crippen LogP contribution in [0.3, 0.4) is 0 Å². The van der Waals surface area contributed by atoms with Crippen molar-refractivity contribution in [1.29, 1.82) is 0 Å². The Kier molecular flexibility index (Phi) is 4.09. The van der Waals surface area contributed by atoms with Crippen LogP contribution in [-0.2, 0) is 6.54 Å². The van der Waals surface area contributed by atoms with Crippen molar-refractivity contribution in [3.8, 4) is 0 Å². The highest BCUT2D eigenvalue weighted by Crippen LogP contribution is 2.11. The second-order valence-electron chi connectivity index (χ2n) is 6.39. The minimum Gasteiger partial charge on any atom is -0.364 e. The topological polar surface area (TPSA) is 49.8 Å². The van der Waals surface area contributed by atoms with Crippen molar-refractivity contribution in [3.63, 3.8) is 0 Å². The maximum absolute atomic E-state index is 4.19. The third kappa shape index (κ3) is 6.22. The van der Waals surface area contributed by atoms with Crippen molar-refractivity contribution in [2.24, 2.45) is 0 Å². The van der Waals surface area contributed by atoms with Gasteiger partial charge in [-0.05, 0) is 53.7 Å². The van der Waals surface area contributed by atoms with E-state index in [9.17, 15) is 0 Å². The molecule has 4 nitrogen and oxygen atoms in total.